The average Bonchev–Trinajstić information content (AvgIpc) is 2.75. The van der Waals surface area contributed by atoms with Crippen LogP contribution in [-0.2, 0) is 14.3 Å². The summed E-state index contributed by atoms with van der Waals surface area (Å²) in [6.45, 7) is 5.70. The van der Waals surface area contributed by atoms with Crippen LogP contribution in [0.5, 0.6) is 0 Å². The normalized spacial score (nSPS) is 45.9. The Balaban J connectivity index is 2.05. The second kappa shape index (κ2) is 4.17. The zero-order chi connectivity index (χ0) is 13.9. The molecule has 0 aromatic heterocycles. The third-order valence-electron chi connectivity index (χ3n) is 5.28. The lowest BCUT2D eigenvalue weighted by Crippen LogP contribution is -2.32. The molecule has 6 atom stereocenters. The standard InChI is InChI=1S/C15H20O4/c1-6-4-11-13(8(3)15(18)19-11)14(17)12-7(2)10(16)5-9(6)12/h6,8-9,11,13-14,17H,4-5H2,1-3H3/t6-,8+,9+,11+,13+,14+/m0/s1. The number of esters is 1. The van der Waals surface area contributed by atoms with Crippen molar-refractivity contribution in [2.45, 2.75) is 45.8 Å². The summed E-state index contributed by atoms with van der Waals surface area (Å²) in [6, 6.07) is 0. The highest BCUT2D eigenvalue weighted by molar-refractivity contribution is 5.99. The van der Waals surface area contributed by atoms with E-state index in [9.17, 15) is 14.7 Å². The number of ketones is 1. The van der Waals surface area contributed by atoms with Gasteiger partial charge in [-0.1, -0.05) is 13.8 Å². The van der Waals surface area contributed by atoms with E-state index in [1.807, 2.05) is 6.92 Å². The lowest BCUT2D eigenvalue weighted by atomic mass is 9.82. The number of aliphatic hydroxyl groups is 1. The van der Waals surface area contributed by atoms with Crippen LogP contribution in [0.3, 0.4) is 0 Å². The van der Waals surface area contributed by atoms with Gasteiger partial charge in [0.2, 0.25) is 0 Å². The molecule has 104 valence electrons. The molecular formula is C15H20O4. The van der Waals surface area contributed by atoms with Crippen LogP contribution in [0.4, 0.5) is 0 Å². The summed E-state index contributed by atoms with van der Waals surface area (Å²) in [5, 5.41) is 10.7. The fraction of sp³-hybridized carbons (Fsp3) is 0.733. The van der Waals surface area contributed by atoms with Crippen molar-refractivity contribution >= 4 is 11.8 Å². The number of Topliss-reactive ketones (excluding diaryl/α,β-unsaturated/α-hetero) is 1. The molecule has 0 amide bonds. The predicted octanol–water partition coefficient (Wildman–Crippen LogP) is 1.47. The van der Waals surface area contributed by atoms with Gasteiger partial charge in [-0.2, -0.15) is 0 Å². The average molecular weight is 264 g/mol. The highest BCUT2D eigenvalue weighted by Gasteiger charge is 2.53. The number of fused-ring (bicyclic) bond motifs is 2. The molecule has 1 heterocycles. The van der Waals surface area contributed by atoms with Crippen LogP contribution in [-0.4, -0.2) is 29.1 Å². The van der Waals surface area contributed by atoms with E-state index in [2.05, 4.69) is 6.92 Å². The Bertz CT molecular complexity index is 479. The first kappa shape index (κ1) is 12.9. The van der Waals surface area contributed by atoms with Crippen molar-refractivity contribution in [2.24, 2.45) is 23.7 Å². The Morgan fingerprint density at radius 2 is 1.95 bits per heavy atom. The fourth-order valence-electron chi connectivity index (χ4n) is 4.08. The molecule has 0 radical (unpaired) electrons. The summed E-state index contributed by atoms with van der Waals surface area (Å²) in [7, 11) is 0. The smallest absolute Gasteiger partial charge is 0.309 e. The van der Waals surface area contributed by atoms with Crippen molar-refractivity contribution in [3.8, 4) is 0 Å². The number of allylic oxidation sites excluding steroid dienone is 1. The van der Waals surface area contributed by atoms with Gasteiger partial charge in [0.15, 0.2) is 5.78 Å². The van der Waals surface area contributed by atoms with Crippen molar-refractivity contribution < 1.29 is 19.4 Å². The zero-order valence-electron chi connectivity index (χ0n) is 11.6. The van der Waals surface area contributed by atoms with Crippen LogP contribution in [0.1, 0.15) is 33.6 Å². The van der Waals surface area contributed by atoms with Crippen molar-refractivity contribution in [2.75, 3.05) is 0 Å². The lowest BCUT2D eigenvalue weighted by molar-refractivity contribution is -0.144. The summed E-state index contributed by atoms with van der Waals surface area (Å²) in [5.41, 5.74) is 1.58. The first-order valence-electron chi connectivity index (χ1n) is 7.04. The Morgan fingerprint density at radius 1 is 1.26 bits per heavy atom. The molecule has 1 N–H and O–H groups in total. The Kier molecular flexibility index (Phi) is 2.82. The maximum Gasteiger partial charge on any atom is 0.309 e. The van der Waals surface area contributed by atoms with Crippen LogP contribution in [0.25, 0.3) is 0 Å². The van der Waals surface area contributed by atoms with Gasteiger partial charge in [-0.15, -0.1) is 0 Å². The van der Waals surface area contributed by atoms with Gasteiger partial charge in [0.25, 0.3) is 0 Å². The highest BCUT2D eigenvalue weighted by atomic mass is 16.6. The molecule has 0 aromatic rings. The van der Waals surface area contributed by atoms with Gasteiger partial charge < -0.3 is 9.84 Å². The number of carbonyl (C=O) groups is 2. The van der Waals surface area contributed by atoms with Crippen molar-refractivity contribution in [1.29, 1.82) is 0 Å². The van der Waals surface area contributed by atoms with E-state index in [-0.39, 0.29) is 41.5 Å². The maximum absolute atomic E-state index is 11.9. The molecule has 1 saturated heterocycles. The number of aliphatic hydroxyl groups excluding tert-OH is 1. The molecule has 3 aliphatic rings. The first-order valence-corrected chi connectivity index (χ1v) is 7.04. The van der Waals surface area contributed by atoms with Crippen LogP contribution in [0.2, 0.25) is 0 Å². The van der Waals surface area contributed by atoms with E-state index in [4.69, 9.17) is 4.74 Å². The fourth-order valence-corrected chi connectivity index (χ4v) is 4.08. The second-order valence-electron chi connectivity index (χ2n) is 6.31. The Morgan fingerprint density at radius 3 is 2.63 bits per heavy atom. The summed E-state index contributed by atoms with van der Waals surface area (Å²) in [5.74, 6) is -0.180. The van der Waals surface area contributed by atoms with E-state index in [1.165, 1.54) is 0 Å². The first-order chi connectivity index (χ1) is 8.91. The van der Waals surface area contributed by atoms with Gasteiger partial charge >= 0.3 is 5.97 Å². The number of carbonyl (C=O) groups excluding carboxylic acids is 2. The summed E-state index contributed by atoms with van der Waals surface area (Å²) < 4.78 is 5.42. The molecule has 0 unspecified atom stereocenters. The van der Waals surface area contributed by atoms with E-state index in [1.54, 1.807) is 6.92 Å². The number of hydrogen-bond acceptors (Lipinski definition) is 4. The molecule has 0 aromatic carbocycles. The zero-order valence-corrected chi connectivity index (χ0v) is 11.6. The summed E-state index contributed by atoms with van der Waals surface area (Å²) >= 11 is 0. The van der Waals surface area contributed by atoms with Crippen LogP contribution < -0.4 is 0 Å². The Hall–Kier alpha value is -1.16. The molecule has 4 heteroatoms. The molecule has 2 fully saturated rings. The SMILES string of the molecule is CC1=C2[C@@H](O)[C@H]3[C@@H](C[C@H](C)[C@H]2CC1=O)OC(=O)[C@@H]3C. The quantitative estimate of drug-likeness (QED) is 0.673. The molecule has 0 bridgehead atoms. The van der Waals surface area contributed by atoms with E-state index < -0.39 is 6.10 Å². The molecule has 3 rings (SSSR count). The van der Waals surface area contributed by atoms with Crippen LogP contribution in [0.15, 0.2) is 11.1 Å². The van der Waals surface area contributed by atoms with Crippen molar-refractivity contribution in [3.63, 3.8) is 0 Å². The Labute approximate surface area is 112 Å². The number of ether oxygens (including phenoxy) is 1. The maximum atomic E-state index is 11.9. The highest BCUT2D eigenvalue weighted by Crippen LogP contribution is 2.48. The van der Waals surface area contributed by atoms with E-state index in [0.717, 1.165) is 12.0 Å². The van der Waals surface area contributed by atoms with E-state index in [0.29, 0.717) is 12.0 Å². The topological polar surface area (TPSA) is 63.6 Å². The third-order valence-corrected chi connectivity index (χ3v) is 5.28. The van der Waals surface area contributed by atoms with Crippen molar-refractivity contribution in [3.05, 3.63) is 11.1 Å². The van der Waals surface area contributed by atoms with E-state index >= 15 is 0 Å². The van der Waals surface area contributed by atoms with Gasteiger partial charge in [-0.25, -0.2) is 0 Å². The predicted molar refractivity (Wildman–Crippen MR) is 68.1 cm³/mol. The minimum absolute atomic E-state index is 0.124. The van der Waals surface area contributed by atoms with Gasteiger partial charge in [-0.3, -0.25) is 9.59 Å². The second-order valence-corrected chi connectivity index (χ2v) is 6.31. The van der Waals surface area contributed by atoms with Gasteiger partial charge in [-0.05, 0) is 36.3 Å². The van der Waals surface area contributed by atoms with Crippen LogP contribution >= 0.6 is 0 Å². The lowest BCUT2D eigenvalue weighted by Gasteiger charge is -2.24. The van der Waals surface area contributed by atoms with Gasteiger partial charge in [0, 0.05) is 12.3 Å². The largest absolute Gasteiger partial charge is 0.462 e. The number of hydrogen-bond donors (Lipinski definition) is 1. The summed E-state index contributed by atoms with van der Waals surface area (Å²) in [6.07, 6.45) is 0.328. The monoisotopic (exact) mass is 264 g/mol. The molecular weight excluding hydrogens is 244 g/mol. The molecule has 19 heavy (non-hydrogen) atoms. The van der Waals surface area contributed by atoms with Crippen molar-refractivity contribution in [1.82, 2.24) is 0 Å². The molecule has 4 nitrogen and oxygen atoms in total. The van der Waals surface area contributed by atoms with Gasteiger partial charge in [0.1, 0.15) is 6.10 Å². The van der Waals surface area contributed by atoms with Gasteiger partial charge in [0.05, 0.1) is 12.0 Å². The molecule has 0 spiro atoms. The minimum atomic E-state index is -0.715. The minimum Gasteiger partial charge on any atom is -0.462 e. The number of rotatable bonds is 0. The molecule has 1 saturated carbocycles. The van der Waals surface area contributed by atoms with Crippen LogP contribution in [0, 0.1) is 23.7 Å². The molecule has 2 aliphatic carbocycles. The third kappa shape index (κ3) is 1.69. The summed E-state index contributed by atoms with van der Waals surface area (Å²) in [4.78, 5) is 23.6. The molecule has 1 aliphatic heterocycles.